The largest absolute Gasteiger partial charge is 0.506 e. The van der Waals surface area contributed by atoms with Crippen LogP contribution in [0.3, 0.4) is 0 Å². The number of benzene rings is 3. The van der Waals surface area contributed by atoms with Crippen molar-refractivity contribution in [3.8, 4) is 16.9 Å². The van der Waals surface area contributed by atoms with Crippen molar-refractivity contribution in [1.82, 2.24) is 15.3 Å². The minimum absolute atomic E-state index is 0.0995. The molecular formula is C33H37F2N6O3P. The maximum absolute atomic E-state index is 13.9. The quantitative estimate of drug-likeness (QED) is 0.0695. The summed E-state index contributed by atoms with van der Waals surface area (Å²) in [6, 6.07) is 18.7. The number of carbonyl (C=O) groups is 2. The lowest BCUT2D eigenvalue weighted by Crippen LogP contribution is -2.28. The first kappa shape index (κ1) is 33.4. The lowest BCUT2D eigenvalue weighted by atomic mass is 9.93. The summed E-state index contributed by atoms with van der Waals surface area (Å²) >= 11 is 0. The van der Waals surface area contributed by atoms with E-state index in [1.165, 1.54) is 12.1 Å². The first-order chi connectivity index (χ1) is 21.6. The van der Waals surface area contributed by atoms with Gasteiger partial charge in [-0.25, -0.2) is 4.98 Å². The summed E-state index contributed by atoms with van der Waals surface area (Å²) in [5, 5.41) is 22.8. The molecule has 1 heterocycles. The van der Waals surface area contributed by atoms with Crippen LogP contribution in [0.15, 0.2) is 72.9 Å². The van der Waals surface area contributed by atoms with Crippen LogP contribution in [0.4, 0.5) is 31.9 Å². The fourth-order valence-corrected chi connectivity index (χ4v) is 5.09. The van der Waals surface area contributed by atoms with Crippen LogP contribution < -0.4 is 21.3 Å². The first-order valence-corrected chi connectivity index (χ1v) is 15.0. The number of aryl methyl sites for hydroxylation is 1. The van der Waals surface area contributed by atoms with E-state index in [2.05, 4.69) is 26.3 Å². The molecule has 1 atom stereocenters. The number of phenols is 1. The lowest BCUT2D eigenvalue weighted by molar-refractivity contribution is -0.118. The summed E-state index contributed by atoms with van der Waals surface area (Å²) < 4.78 is 27.8. The molecule has 1 unspecified atom stereocenters. The van der Waals surface area contributed by atoms with Gasteiger partial charge in [0.25, 0.3) is 5.66 Å². The predicted molar refractivity (Wildman–Crippen MR) is 177 cm³/mol. The summed E-state index contributed by atoms with van der Waals surface area (Å²) in [5.41, 5.74) is 0.314. The Bertz CT molecular complexity index is 1630. The molecule has 1 aliphatic carbocycles. The van der Waals surface area contributed by atoms with E-state index in [1.807, 2.05) is 45.0 Å². The Kier molecular flexibility index (Phi) is 10.8. The normalized spacial score (nSPS) is 13.3. The van der Waals surface area contributed by atoms with Crippen molar-refractivity contribution in [2.75, 3.05) is 36.1 Å². The number of nitrogens with one attached hydrogen (secondary N) is 4. The number of aromatic nitrogens is 2. The van der Waals surface area contributed by atoms with E-state index in [9.17, 15) is 18.7 Å². The monoisotopic (exact) mass is 634 g/mol. The van der Waals surface area contributed by atoms with Crippen LogP contribution in [0, 0.1) is 6.92 Å². The van der Waals surface area contributed by atoms with Gasteiger partial charge >= 0.3 is 0 Å². The molecule has 1 saturated carbocycles. The highest BCUT2D eigenvalue weighted by molar-refractivity contribution is 7.17. The minimum atomic E-state index is -3.06. The minimum Gasteiger partial charge on any atom is -0.506 e. The smallest absolute Gasteiger partial charge is 0.283 e. The summed E-state index contributed by atoms with van der Waals surface area (Å²) in [7, 11) is 3.45. The number of anilines is 4. The fraction of sp³-hybridized carbons (Fsp3) is 0.273. The van der Waals surface area contributed by atoms with Gasteiger partial charge in [0.05, 0.1) is 11.1 Å². The van der Waals surface area contributed by atoms with Crippen LogP contribution in [-0.4, -0.2) is 47.9 Å². The maximum Gasteiger partial charge on any atom is 0.283 e. The molecule has 1 amide bonds. The second-order valence-corrected chi connectivity index (χ2v) is 11.5. The van der Waals surface area contributed by atoms with Gasteiger partial charge in [-0.2, -0.15) is 13.8 Å². The number of amides is 1. The Labute approximate surface area is 263 Å². The second kappa shape index (κ2) is 14.5. The highest BCUT2D eigenvalue weighted by atomic mass is 31.0. The lowest BCUT2D eigenvalue weighted by Gasteiger charge is -2.19. The molecule has 0 radical (unpaired) electrons. The topological polar surface area (TPSA) is 128 Å². The third kappa shape index (κ3) is 8.17. The van der Waals surface area contributed by atoms with E-state index >= 15 is 0 Å². The molecule has 0 bridgehead atoms. The summed E-state index contributed by atoms with van der Waals surface area (Å²) in [6.45, 7) is 5.46. The molecule has 1 fully saturated rings. The number of hydrogen-bond acceptors (Lipinski definition) is 8. The van der Waals surface area contributed by atoms with E-state index in [1.54, 1.807) is 45.8 Å². The van der Waals surface area contributed by atoms with Crippen molar-refractivity contribution in [3.05, 3.63) is 89.6 Å². The molecule has 0 saturated heterocycles. The van der Waals surface area contributed by atoms with E-state index in [0.29, 0.717) is 48.1 Å². The first-order valence-electron chi connectivity index (χ1n) is 14.4. The van der Waals surface area contributed by atoms with Gasteiger partial charge in [0.15, 0.2) is 0 Å². The molecule has 5 rings (SSSR count). The number of hydrogen-bond donors (Lipinski definition) is 5. The van der Waals surface area contributed by atoms with Gasteiger partial charge < -0.3 is 31.2 Å². The zero-order chi connectivity index (χ0) is 32.6. The number of carbonyl (C=O) groups excluding carboxylic acids is 2. The molecule has 0 aliphatic heterocycles. The fourth-order valence-electron chi connectivity index (χ4n) is 4.91. The molecule has 236 valence electrons. The number of halogens is 2. The molecule has 0 spiro atoms. The zero-order valence-electron chi connectivity index (χ0n) is 25.2. The number of nitrogens with zero attached hydrogens (tertiary/aromatic N) is 2. The van der Waals surface area contributed by atoms with Crippen LogP contribution in [0.5, 0.6) is 5.75 Å². The third-order valence-electron chi connectivity index (χ3n) is 7.52. The van der Waals surface area contributed by atoms with Crippen molar-refractivity contribution in [2.45, 2.75) is 37.3 Å². The number of alkyl halides is 2. The highest BCUT2D eigenvalue weighted by Crippen LogP contribution is 2.50. The molecule has 1 aliphatic rings. The van der Waals surface area contributed by atoms with Crippen LogP contribution in [0.1, 0.15) is 36.0 Å². The van der Waals surface area contributed by atoms with Gasteiger partial charge in [0.2, 0.25) is 11.9 Å². The molecule has 1 aromatic heterocycles. The van der Waals surface area contributed by atoms with Gasteiger partial charge in [-0.1, -0.05) is 45.6 Å². The van der Waals surface area contributed by atoms with Crippen molar-refractivity contribution in [2.24, 2.45) is 0 Å². The van der Waals surface area contributed by atoms with Crippen LogP contribution in [0.2, 0.25) is 0 Å². The van der Waals surface area contributed by atoms with Crippen LogP contribution in [-0.2, 0) is 20.7 Å². The molecular weight excluding hydrogens is 597 g/mol. The molecule has 12 heteroatoms. The van der Waals surface area contributed by atoms with E-state index < -0.39 is 11.1 Å². The summed E-state index contributed by atoms with van der Waals surface area (Å²) in [5.74, 6) is 0.847. The van der Waals surface area contributed by atoms with E-state index in [-0.39, 0.29) is 17.2 Å². The predicted octanol–water partition coefficient (Wildman–Crippen LogP) is 6.33. The standard InChI is InChI=1S/C32H35F2N6O2P.CH2O/c1-20-7-12-27(41)26(17-20)39-30-37-19-25(28(40-30)36-16-4-15-35-2)21-8-10-24(11-9-21)38-29(42)31(13-14-31)22-5-3-6-23(18-22)32(33,34)43;1-2/h3,5-12,17-19,35,41H,4,13-16,43H2,1-2H3,(H,38,42)(H2,36,37,39,40);1H2. The van der Waals surface area contributed by atoms with Gasteiger partial charge in [0, 0.05) is 29.6 Å². The number of phenolic OH excluding ortho intramolecular Hbond substituents is 1. The Morgan fingerprint density at radius 3 is 2.47 bits per heavy atom. The van der Waals surface area contributed by atoms with Gasteiger partial charge in [-0.3, -0.25) is 4.79 Å². The van der Waals surface area contributed by atoms with Gasteiger partial charge in [-0.05, 0) is 86.8 Å². The van der Waals surface area contributed by atoms with E-state index in [0.717, 1.165) is 29.7 Å². The van der Waals surface area contributed by atoms with Crippen LogP contribution >= 0.6 is 9.24 Å². The van der Waals surface area contributed by atoms with E-state index in [4.69, 9.17) is 9.78 Å². The Morgan fingerprint density at radius 2 is 1.80 bits per heavy atom. The maximum atomic E-state index is 13.9. The third-order valence-corrected chi connectivity index (χ3v) is 7.86. The molecule has 9 nitrogen and oxygen atoms in total. The van der Waals surface area contributed by atoms with Crippen molar-refractivity contribution in [3.63, 3.8) is 0 Å². The summed E-state index contributed by atoms with van der Waals surface area (Å²) in [4.78, 5) is 30.5. The highest BCUT2D eigenvalue weighted by Gasteiger charge is 2.51. The average molecular weight is 635 g/mol. The molecule has 4 aromatic rings. The Morgan fingerprint density at radius 1 is 1.07 bits per heavy atom. The molecule has 45 heavy (non-hydrogen) atoms. The average Bonchev–Trinajstić information content (AvgIpc) is 3.85. The SMILES string of the molecule is C=O.CNCCCNc1nc(Nc2cc(C)ccc2O)ncc1-c1ccc(NC(=O)C2(c3cccc(C(F)(F)P)c3)CC2)cc1. The van der Waals surface area contributed by atoms with Crippen LogP contribution in [0.25, 0.3) is 11.1 Å². The Hall–Kier alpha value is -4.47. The van der Waals surface area contributed by atoms with Gasteiger partial charge in [0.1, 0.15) is 18.4 Å². The number of rotatable bonds is 12. The number of aromatic hydroxyl groups is 1. The second-order valence-electron chi connectivity index (χ2n) is 10.8. The summed E-state index contributed by atoms with van der Waals surface area (Å²) in [6.07, 6.45) is 3.79. The molecule has 5 N–H and O–H groups in total. The molecule has 3 aromatic carbocycles. The Balaban J connectivity index is 0.00000226. The van der Waals surface area contributed by atoms with Gasteiger partial charge in [-0.15, -0.1) is 0 Å². The zero-order valence-corrected chi connectivity index (χ0v) is 26.3. The van der Waals surface area contributed by atoms with Crippen molar-refractivity contribution in [1.29, 1.82) is 0 Å². The van der Waals surface area contributed by atoms with Crippen molar-refractivity contribution >= 4 is 45.1 Å². The van der Waals surface area contributed by atoms with Crippen molar-refractivity contribution < 1.29 is 23.5 Å².